The summed E-state index contributed by atoms with van der Waals surface area (Å²) in [5.74, 6) is -0.0148. The Morgan fingerprint density at radius 3 is 2.05 bits per heavy atom. The largest absolute Gasteiger partial charge is 0.359 e. The van der Waals surface area contributed by atoms with Crippen LogP contribution < -0.4 is 10.6 Å². The van der Waals surface area contributed by atoms with E-state index in [9.17, 15) is 9.59 Å². The van der Waals surface area contributed by atoms with Gasteiger partial charge in [0.1, 0.15) is 0 Å². The van der Waals surface area contributed by atoms with Crippen LogP contribution in [0.25, 0.3) is 28.1 Å². The van der Waals surface area contributed by atoms with Crippen LogP contribution in [0.5, 0.6) is 0 Å². The molecule has 0 radical (unpaired) electrons. The maximum Gasteiger partial charge on any atom is 0.321 e. The van der Waals surface area contributed by atoms with Gasteiger partial charge in [0, 0.05) is 57.3 Å². The fourth-order valence-electron chi connectivity index (χ4n) is 4.80. The molecule has 1 aromatic heterocycles. The minimum absolute atomic E-state index is 0.0148. The van der Waals surface area contributed by atoms with E-state index in [-0.39, 0.29) is 11.9 Å². The molecule has 0 aliphatic carbocycles. The Bertz CT molecular complexity index is 1450. The Morgan fingerprint density at radius 1 is 0.825 bits per heavy atom. The first kappa shape index (κ1) is 27.1. The highest BCUT2D eigenvalue weighted by Gasteiger charge is 2.19. The van der Waals surface area contributed by atoms with Crippen molar-refractivity contribution < 1.29 is 9.59 Å². The second kappa shape index (κ2) is 12.2. The van der Waals surface area contributed by atoms with Crippen LogP contribution in [0.15, 0.2) is 78.9 Å². The number of aryl methyl sites for hydroxylation is 2. The van der Waals surface area contributed by atoms with E-state index in [0.29, 0.717) is 12.8 Å². The number of benzene rings is 3. The quantitative estimate of drug-likeness (QED) is 0.349. The van der Waals surface area contributed by atoms with Crippen molar-refractivity contribution in [2.75, 3.05) is 45.6 Å². The summed E-state index contributed by atoms with van der Waals surface area (Å²) in [6, 6.07) is 26.7. The van der Waals surface area contributed by atoms with Crippen LogP contribution in [0.4, 0.5) is 10.5 Å². The van der Waals surface area contributed by atoms with E-state index in [2.05, 4.69) is 78.0 Å². The number of hydrogen-bond donors (Lipinski definition) is 2. The fourth-order valence-corrected chi connectivity index (χ4v) is 4.80. The van der Waals surface area contributed by atoms with Gasteiger partial charge < -0.3 is 20.4 Å². The summed E-state index contributed by atoms with van der Waals surface area (Å²) in [7, 11) is 3.71. The lowest BCUT2D eigenvalue weighted by molar-refractivity contribution is -0.120. The average Bonchev–Trinajstić information content (AvgIpc) is 3.41. The van der Waals surface area contributed by atoms with Gasteiger partial charge in [-0.05, 0) is 55.4 Å². The molecule has 8 heteroatoms. The summed E-state index contributed by atoms with van der Waals surface area (Å²) < 4.78 is 1.91. The fraction of sp³-hybridized carbons (Fsp3) is 0.281. The third-order valence-electron chi connectivity index (χ3n) is 7.37. The molecule has 2 N–H and O–H groups in total. The van der Waals surface area contributed by atoms with Gasteiger partial charge in [-0.2, -0.15) is 5.10 Å². The SMILES string of the molecule is CNC(=O)CCc1cc(-c2ccc(-c3ccc(C)cc3)cc2)n(-c2ccc(NC(=O)N3CCN(C)CC3)cc2)n1. The minimum Gasteiger partial charge on any atom is -0.359 e. The molecule has 0 atom stereocenters. The van der Waals surface area contributed by atoms with Gasteiger partial charge in [0.25, 0.3) is 0 Å². The molecule has 4 aromatic rings. The molecule has 1 fully saturated rings. The molecule has 40 heavy (non-hydrogen) atoms. The van der Waals surface area contributed by atoms with Crippen molar-refractivity contribution in [1.29, 1.82) is 0 Å². The second-order valence-electron chi connectivity index (χ2n) is 10.3. The van der Waals surface area contributed by atoms with Crippen LogP contribution in [-0.2, 0) is 11.2 Å². The van der Waals surface area contributed by atoms with Crippen LogP contribution in [0.3, 0.4) is 0 Å². The van der Waals surface area contributed by atoms with Gasteiger partial charge in [0.05, 0.1) is 17.1 Å². The molecule has 1 saturated heterocycles. The molecule has 5 rings (SSSR count). The molecule has 3 aromatic carbocycles. The van der Waals surface area contributed by atoms with Crippen molar-refractivity contribution >= 4 is 17.6 Å². The normalized spacial score (nSPS) is 13.7. The predicted octanol–water partition coefficient (Wildman–Crippen LogP) is 4.97. The summed E-state index contributed by atoms with van der Waals surface area (Å²) >= 11 is 0. The van der Waals surface area contributed by atoms with Crippen LogP contribution >= 0.6 is 0 Å². The molecule has 3 amide bonds. The first-order valence-electron chi connectivity index (χ1n) is 13.7. The number of piperazine rings is 1. The molecule has 8 nitrogen and oxygen atoms in total. The number of nitrogens with zero attached hydrogens (tertiary/aromatic N) is 4. The zero-order chi connectivity index (χ0) is 28.1. The Labute approximate surface area is 235 Å². The first-order valence-corrected chi connectivity index (χ1v) is 13.7. The van der Waals surface area contributed by atoms with E-state index in [1.165, 1.54) is 11.1 Å². The van der Waals surface area contributed by atoms with Crippen molar-refractivity contribution in [3.8, 4) is 28.1 Å². The molecule has 0 unspecified atom stereocenters. The third kappa shape index (κ3) is 6.40. The van der Waals surface area contributed by atoms with E-state index < -0.39 is 0 Å². The lowest BCUT2D eigenvalue weighted by atomic mass is 10.0. The highest BCUT2D eigenvalue weighted by molar-refractivity contribution is 5.89. The van der Waals surface area contributed by atoms with Gasteiger partial charge in [-0.1, -0.05) is 54.1 Å². The molecule has 0 spiro atoms. The van der Waals surface area contributed by atoms with E-state index >= 15 is 0 Å². The smallest absolute Gasteiger partial charge is 0.321 e. The highest BCUT2D eigenvalue weighted by Crippen LogP contribution is 2.28. The van der Waals surface area contributed by atoms with E-state index in [1.807, 2.05) is 39.9 Å². The predicted molar refractivity (Wildman–Crippen MR) is 160 cm³/mol. The average molecular weight is 537 g/mol. The second-order valence-corrected chi connectivity index (χ2v) is 10.3. The van der Waals surface area contributed by atoms with Crippen molar-refractivity contribution in [3.05, 3.63) is 90.1 Å². The molecule has 1 aliphatic heterocycles. The number of anilines is 1. The van der Waals surface area contributed by atoms with Gasteiger partial charge >= 0.3 is 6.03 Å². The number of hydrogen-bond acceptors (Lipinski definition) is 4. The first-order chi connectivity index (χ1) is 19.4. The molecule has 0 saturated carbocycles. The molecule has 0 bridgehead atoms. The number of likely N-dealkylation sites (N-methyl/N-ethyl adjacent to an activating group) is 1. The Kier molecular flexibility index (Phi) is 8.26. The van der Waals surface area contributed by atoms with E-state index in [1.54, 1.807) is 7.05 Å². The minimum atomic E-state index is -0.0780. The summed E-state index contributed by atoms with van der Waals surface area (Å²) in [6.07, 6.45) is 0.914. The number of aromatic nitrogens is 2. The van der Waals surface area contributed by atoms with Crippen molar-refractivity contribution in [2.24, 2.45) is 0 Å². The maximum absolute atomic E-state index is 12.7. The lowest BCUT2D eigenvalue weighted by Gasteiger charge is -2.32. The van der Waals surface area contributed by atoms with Gasteiger partial charge in [0.2, 0.25) is 5.91 Å². The molecular formula is C32H36N6O2. The van der Waals surface area contributed by atoms with Crippen LogP contribution in [0.1, 0.15) is 17.7 Å². The standard InChI is InChI=1S/C32H36N6O2/c1-23-4-6-24(7-5-23)25-8-10-26(11-9-25)30-22-28(14-17-31(39)33-2)35-38(30)29-15-12-27(13-16-29)34-32(40)37-20-18-36(3)19-21-37/h4-13,15-16,22H,14,17-21H2,1-3H3,(H,33,39)(H,34,40). The number of amides is 3. The molecule has 2 heterocycles. The Balaban J connectivity index is 1.38. The number of nitrogens with one attached hydrogen (secondary N) is 2. The Morgan fingerprint density at radius 2 is 1.43 bits per heavy atom. The topological polar surface area (TPSA) is 82.5 Å². The van der Waals surface area contributed by atoms with Crippen molar-refractivity contribution in [2.45, 2.75) is 19.8 Å². The van der Waals surface area contributed by atoms with Gasteiger partial charge in [-0.3, -0.25) is 4.79 Å². The summed E-state index contributed by atoms with van der Waals surface area (Å²) in [5, 5.41) is 10.6. The molecular weight excluding hydrogens is 500 g/mol. The zero-order valence-corrected chi connectivity index (χ0v) is 23.4. The van der Waals surface area contributed by atoms with Crippen LogP contribution in [-0.4, -0.2) is 71.8 Å². The van der Waals surface area contributed by atoms with Crippen LogP contribution in [0, 0.1) is 6.92 Å². The highest BCUT2D eigenvalue weighted by atomic mass is 16.2. The van der Waals surface area contributed by atoms with Gasteiger partial charge in [-0.15, -0.1) is 0 Å². The monoisotopic (exact) mass is 536 g/mol. The van der Waals surface area contributed by atoms with Crippen LogP contribution in [0.2, 0.25) is 0 Å². The van der Waals surface area contributed by atoms with Crippen molar-refractivity contribution in [1.82, 2.24) is 24.9 Å². The third-order valence-corrected chi connectivity index (χ3v) is 7.37. The number of carbonyl (C=O) groups excluding carboxylic acids is 2. The molecule has 206 valence electrons. The summed E-state index contributed by atoms with van der Waals surface area (Å²) in [6.45, 7) is 5.28. The van der Waals surface area contributed by atoms with Crippen molar-refractivity contribution in [3.63, 3.8) is 0 Å². The zero-order valence-electron chi connectivity index (χ0n) is 23.4. The lowest BCUT2D eigenvalue weighted by Crippen LogP contribution is -2.48. The molecule has 1 aliphatic rings. The summed E-state index contributed by atoms with van der Waals surface area (Å²) in [4.78, 5) is 28.7. The Hall–Kier alpha value is -4.43. The van der Waals surface area contributed by atoms with Gasteiger partial charge in [0.15, 0.2) is 0 Å². The number of urea groups is 1. The van der Waals surface area contributed by atoms with E-state index in [4.69, 9.17) is 5.10 Å². The number of rotatable bonds is 7. The number of carbonyl (C=O) groups is 2. The maximum atomic E-state index is 12.7. The van der Waals surface area contributed by atoms with E-state index in [0.717, 1.165) is 60.1 Å². The van der Waals surface area contributed by atoms with Gasteiger partial charge in [-0.25, -0.2) is 9.48 Å². The summed E-state index contributed by atoms with van der Waals surface area (Å²) in [5.41, 5.74) is 7.98.